The number of carbonyl (C=O) groups is 3. The first-order valence-electron chi connectivity index (χ1n) is 10.2. The minimum Gasteiger partial charge on any atom is -0.478 e. The molecule has 2 aromatic carbocycles. The summed E-state index contributed by atoms with van der Waals surface area (Å²) in [7, 11) is 0. The van der Waals surface area contributed by atoms with E-state index in [4.69, 9.17) is 16.3 Å². The van der Waals surface area contributed by atoms with Gasteiger partial charge in [0.25, 0.3) is 0 Å². The standard InChI is InChI=1S/C24H23ClN2O5/c1-24(2,3)32-23(31)26-15-6-4-14(18(25)11-15)12-27-19-10-13(22(29)30)5-7-16(19)17-8-9-20(28)21(17)27/h4-7,10-11H,8-9,12H2,1-3H3,(H,26,31)(H,29,30). The van der Waals surface area contributed by atoms with Gasteiger partial charge in [0.1, 0.15) is 5.60 Å². The van der Waals surface area contributed by atoms with Gasteiger partial charge in [-0.25, -0.2) is 9.59 Å². The van der Waals surface area contributed by atoms with Crippen molar-refractivity contribution in [2.24, 2.45) is 0 Å². The number of aryl methyl sites for hydroxylation is 1. The van der Waals surface area contributed by atoms with E-state index in [-0.39, 0.29) is 11.3 Å². The van der Waals surface area contributed by atoms with Crippen LogP contribution in [0.1, 0.15) is 59.2 Å². The number of hydrogen-bond donors (Lipinski definition) is 2. The van der Waals surface area contributed by atoms with Crippen molar-refractivity contribution in [1.82, 2.24) is 4.57 Å². The molecule has 1 aliphatic rings. The zero-order valence-corrected chi connectivity index (χ0v) is 18.7. The van der Waals surface area contributed by atoms with Crippen LogP contribution in [-0.4, -0.2) is 33.1 Å². The normalized spacial score (nSPS) is 13.3. The summed E-state index contributed by atoms with van der Waals surface area (Å²) in [5.41, 5.74) is 3.00. The largest absolute Gasteiger partial charge is 0.478 e. The number of carbonyl (C=O) groups excluding carboxylic acids is 2. The number of hydrogen-bond acceptors (Lipinski definition) is 4. The molecule has 4 rings (SSSR count). The summed E-state index contributed by atoms with van der Waals surface area (Å²) in [5.74, 6) is -0.992. The summed E-state index contributed by atoms with van der Waals surface area (Å²) in [6, 6.07) is 10.0. The third-order valence-electron chi connectivity index (χ3n) is 5.31. The molecule has 7 nitrogen and oxygen atoms in total. The zero-order valence-electron chi connectivity index (χ0n) is 18.0. The fourth-order valence-corrected chi connectivity index (χ4v) is 4.23. The Bertz CT molecular complexity index is 1270. The molecule has 0 atom stereocenters. The molecule has 1 aliphatic carbocycles. The van der Waals surface area contributed by atoms with Crippen LogP contribution in [0, 0.1) is 0 Å². The van der Waals surface area contributed by atoms with Gasteiger partial charge in [0.05, 0.1) is 16.8 Å². The lowest BCUT2D eigenvalue weighted by Crippen LogP contribution is -2.27. The fourth-order valence-electron chi connectivity index (χ4n) is 3.99. The van der Waals surface area contributed by atoms with Crippen molar-refractivity contribution in [3.05, 3.63) is 63.8 Å². The number of fused-ring (bicyclic) bond motifs is 3. The molecule has 0 bridgehead atoms. The third-order valence-corrected chi connectivity index (χ3v) is 5.66. The molecule has 0 aliphatic heterocycles. The third kappa shape index (κ3) is 4.21. The van der Waals surface area contributed by atoms with Crippen LogP contribution in [0.4, 0.5) is 10.5 Å². The predicted molar refractivity (Wildman–Crippen MR) is 122 cm³/mol. The van der Waals surface area contributed by atoms with E-state index in [2.05, 4.69) is 5.32 Å². The number of ether oxygens (including phenoxy) is 1. The average molecular weight is 455 g/mol. The number of carboxylic acids is 1. The van der Waals surface area contributed by atoms with Gasteiger partial charge < -0.3 is 14.4 Å². The molecule has 8 heteroatoms. The van der Waals surface area contributed by atoms with Gasteiger partial charge in [-0.05, 0) is 62.6 Å². The van der Waals surface area contributed by atoms with Gasteiger partial charge in [-0.2, -0.15) is 0 Å². The Labute approximate surface area is 189 Å². The fraction of sp³-hybridized carbons (Fsp3) is 0.292. The summed E-state index contributed by atoms with van der Waals surface area (Å²) in [4.78, 5) is 36.1. The van der Waals surface area contributed by atoms with Crippen molar-refractivity contribution in [1.29, 1.82) is 0 Å². The van der Waals surface area contributed by atoms with Crippen LogP contribution in [0.25, 0.3) is 10.9 Å². The quantitative estimate of drug-likeness (QED) is 0.541. The minimum atomic E-state index is -1.03. The molecule has 1 heterocycles. The van der Waals surface area contributed by atoms with E-state index in [0.29, 0.717) is 41.3 Å². The molecular formula is C24H23ClN2O5. The number of nitrogens with one attached hydrogen (secondary N) is 1. The molecule has 0 radical (unpaired) electrons. The van der Waals surface area contributed by atoms with Crippen molar-refractivity contribution in [2.45, 2.75) is 45.8 Å². The number of carboxylic acid groups (broad SMARTS) is 1. The highest BCUT2D eigenvalue weighted by molar-refractivity contribution is 6.31. The highest BCUT2D eigenvalue weighted by Gasteiger charge is 2.29. The van der Waals surface area contributed by atoms with Crippen LogP contribution in [-0.2, 0) is 17.7 Å². The number of benzene rings is 2. The molecule has 0 saturated heterocycles. The lowest BCUT2D eigenvalue weighted by atomic mass is 10.1. The van der Waals surface area contributed by atoms with Crippen LogP contribution in [0.15, 0.2) is 36.4 Å². The lowest BCUT2D eigenvalue weighted by Gasteiger charge is -2.20. The molecule has 0 spiro atoms. The van der Waals surface area contributed by atoms with Crippen LogP contribution < -0.4 is 5.32 Å². The number of amides is 1. The monoisotopic (exact) mass is 454 g/mol. The van der Waals surface area contributed by atoms with E-state index in [1.807, 2.05) is 4.57 Å². The Balaban J connectivity index is 1.68. The molecule has 1 aromatic heterocycles. The molecule has 1 amide bonds. The van der Waals surface area contributed by atoms with Gasteiger partial charge in [-0.15, -0.1) is 0 Å². The van der Waals surface area contributed by atoms with E-state index in [1.165, 1.54) is 0 Å². The summed E-state index contributed by atoms with van der Waals surface area (Å²) >= 11 is 6.50. The molecule has 2 N–H and O–H groups in total. The van der Waals surface area contributed by atoms with Gasteiger partial charge in [0, 0.05) is 29.1 Å². The van der Waals surface area contributed by atoms with E-state index < -0.39 is 17.7 Å². The van der Waals surface area contributed by atoms with E-state index in [1.54, 1.807) is 57.2 Å². The maximum absolute atomic E-state index is 12.6. The SMILES string of the molecule is CC(C)(C)OC(=O)Nc1ccc(Cn2c3c(c4ccc(C(=O)O)cc42)CCC3=O)c(Cl)c1. The molecule has 32 heavy (non-hydrogen) atoms. The minimum absolute atomic E-state index is 0.0346. The number of halogens is 1. The lowest BCUT2D eigenvalue weighted by molar-refractivity contribution is 0.0634. The van der Waals surface area contributed by atoms with Gasteiger partial charge in [0.15, 0.2) is 5.78 Å². The number of ketones is 1. The highest BCUT2D eigenvalue weighted by Crippen LogP contribution is 2.35. The molecular weight excluding hydrogens is 432 g/mol. The maximum Gasteiger partial charge on any atom is 0.412 e. The highest BCUT2D eigenvalue weighted by atomic mass is 35.5. The molecule has 0 fully saturated rings. The Morgan fingerprint density at radius 1 is 1.16 bits per heavy atom. The van der Waals surface area contributed by atoms with E-state index in [9.17, 15) is 19.5 Å². The van der Waals surface area contributed by atoms with Gasteiger partial charge in [-0.3, -0.25) is 10.1 Å². The second kappa shape index (κ2) is 7.98. The molecule has 166 valence electrons. The number of anilines is 1. The van der Waals surface area contributed by atoms with Crippen molar-refractivity contribution in [3.8, 4) is 0 Å². The average Bonchev–Trinajstić information content (AvgIpc) is 3.20. The smallest absolute Gasteiger partial charge is 0.412 e. The first-order valence-corrected chi connectivity index (χ1v) is 10.6. The molecule has 0 unspecified atom stereocenters. The van der Waals surface area contributed by atoms with Crippen LogP contribution in [0.5, 0.6) is 0 Å². The number of Topliss-reactive ketones (excluding diaryl/α,β-unsaturated/α-hetero) is 1. The number of nitrogens with zero attached hydrogens (tertiary/aromatic N) is 1. The van der Waals surface area contributed by atoms with Crippen LogP contribution in [0.2, 0.25) is 5.02 Å². The number of aromatic nitrogens is 1. The van der Waals surface area contributed by atoms with Crippen LogP contribution >= 0.6 is 11.6 Å². The van der Waals surface area contributed by atoms with Crippen molar-refractivity contribution in [3.63, 3.8) is 0 Å². The first kappa shape index (κ1) is 21.9. The Hall–Kier alpha value is -3.32. The summed E-state index contributed by atoms with van der Waals surface area (Å²) < 4.78 is 7.10. The van der Waals surface area contributed by atoms with E-state index in [0.717, 1.165) is 16.5 Å². The zero-order chi connectivity index (χ0) is 23.2. The Morgan fingerprint density at radius 2 is 1.91 bits per heavy atom. The van der Waals surface area contributed by atoms with Gasteiger partial charge in [0.2, 0.25) is 0 Å². The Kier molecular flexibility index (Phi) is 5.46. The van der Waals surface area contributed by atoms with Gasteiger partial charge >= 0.3 is 12.1 Å². The topological polar surface area (TPSA) is 97.6 Å². The number of aromatic carboxylic acids is 1. The molecule has 0 saturated carbocycles. The first-order chi connectivity index (χ1) is 15.0. The van der Waals surface area contributed by atoms with Crippen LogP contribution in [0.3, 0.4) is 0 Å². The number of rotatable bonds is 4. The summed E-state index contributed by atoms with van der Waals surface area (Å²) in [5, 5.41) is 13.3. The Morgan fingerprint density at radius 3 is 2.56 bits per heavy atom. The maximum atomic E-state index is 12.6. The van der Waals surface area contributed by atoms with Gasteiger partial charge in [-0.1, -0.05) is 23.7 Å². The second-order valence-electron chi connectivity index (χ2n) is 8.81. The van der Waals surface area contributed by atoms with Crippen molar-refractivity contribution >= 4 is 46.0 Å². The van der Waals surface area contributed by atoms with Crippen molar-refractivity contribution in [2.75, 3.05) is 5.32 Å². The van der Waals surface area contributed by atoms with E-state index >= 15 is 0 Å². The summed E-state index contributed by atoms with van der Waals surface area (Å²) in [6.45, 7) is 5.63. The predicted octanol–water partition coefficient (Wildman–Crippen LogP) is 5.52. The molecule has 3 aromatic rings. The second-order valence-corrected chi connectivity index (χ2v) is 9.21. The summed E-state index contributed by atoms with van der Waals surface area (Å²) in [6.07, 6.45) is 0.493. The van der Waals surface area contributed by atoms with Crippen molar-refractivity contribution < 1.29 is 24.2 Å².